The molecule has 0 saturated carbocycles. The van der Waals surface area contributed by atoms with Gasteiger partial charge in [-0.3, -0.25) is 9.58 Å². The van der Waals surface area contributed by atoms with E-state index in [0.717, 1.165) is 44.7 Å². The summed E-state index contributed by atoms with van der Waals surface area (Å²) in [4.78, 5) is 2.43. The van der Waals surface area contributed by atoms with Crippen LogP contribution in [0.2, 0.25) is 0 Å². The summed E-state index contributed by atoms with van der Waals surface area (Å²) in [6.07, 6.45) is 1.66. The molecule has 0 aliphatic carbocycles. The van der Waals surface area contributed by atoms with Gasteiger partial charge < -0.3 is 5.11 Å². The van der Waals surface area contributed by atoms with Crippen LogP contribution in [0, 0.1) is 13.8 Å². The van der Waals surface area contributed by atoms with E-state index in [1.807, 2.05) is 6.07 Å². The zero-order valence-electron chi connectivity index (χ0n) is 13.5. The first-order valence-electron chi connectivity index (χ1n) is 8.10. The van der Waals surface area contributed by atoms with Crippen LogP contribution in [0.25, 0.3) is 0 Å². The molecule has 1 aliphatic heterocycles. The molecule has 4 heteroatoms. The number of aromatic nitrogens is 2. The number of aliphatic hydroxyl groups is 1. The van der Waals surface area contributed by atoms with Gasteiger partial charge in [0.2, 0.25) is 0 Å². The standard InChI is InChI=1S/C18H25N3O/c1-14-18(13-20-10-8-17(22)9-11-20)15(2)21(19-14)12-16-6-4-3-5-7-16/h3-7,17,22H,8-13H2,1-2H3. The van der Waals surface area contributed by atoms with E-state index in [2.05, 4.69) is 47.7 Å². The van der Waals surface area contributed by atoms with Gasteiger partial charge in [-0.15, -0.1) is 0 Å². The van der Waals surface area contributed by atoms with Gasteiger partial charge in [-0.1, -0.05) is 30.3 Å². The fourth-order valence-electron chi connectivity index (χ4n) is 3.17. The quantitative estimate of drug-likeness (QED) is 0.943. The third kappa shape index (κ3) is 3.39. The lowest BCUT2D eigenvalue weighted by Crippen LogP contribution is -2.35. The van der Waals surface area contributed by atoms with Crippen molar-refractivity contribution in [2.45, 2.75) is 45.9 Å². The second kappa shape index (κ2) is 6.63. The van der Waals surface area contributed by atoms with Crippen LogP contribution in [0.3, 0.4) is 0 Å². The predicted octanol–water partition coefficient (Wildman–Crippen LogP) is 2.50. The summed E-state index contributed by atoms with van der Waals surface area (Å²) in [7, 11) is 0. The van der Waals surface area contributed by atoms with E-state index in [0.29, 0.717) is 0 Å². The van der Waals surface area contributed by atoms with Gasteiger partial charge in [0.1, 0.15) is 0 Å². The van der Waals surface area contributed by atoms with E-state index in [9.17, 15) is 5.11 Å². The second-order valence-electron chi connectivity index (χ2n) is 6.30. The summed E-state index contributed by atoms with van der Waals surface area (Å²) in [5.41, 5.74) is 5.00. The molecule has 118 valence electrons. The number of aliphatic hydroxyl groups excluding tert-OH is 1. The second-order valence-corrected chi connectivity index (χ2v) is 6.30. The number of piperidine rings is 1. The molecule has 2 heterocycles. The number of nitrogens with zero attached hydrogens (tertiary/aromatic N) is 3. The van der Waals surface area contributed by atoms with E-state index in [1.54, 1.807) is 0 Å². The van der Waals surface area contributed by atoms with Gasteiger partial charge in [0.05, 0.1) is 18.3 Å². The Kier molecular flexibility index (Phi) is 4.60. The Labute approximate surface area is 132 Å². The molecule has 1 aromatic carbocycles. The zero-order valence-corrected chi connectivity index (χ0v) is 13.5. The SMILES string of the molecule is Cc1nn(Cc2ccccc2)c(C)c1CN1CCC(O)CC1. The highest BCUT2D eigenvalue weighted by molar-refractivity contribution is 5.26. The van der Waals surface area contributed by atoms with E-state index in [4.69, 9.17) is 5.10 Å². The topological polar surface area (TPSA) is 41.3 Å². The van der Waals surface area contributed by atoms with Gasteiger partial charge in [-0.05, 0) is 32.3 Å². The molecule has 22 heavy (non-hydrogen) atoms. The number of aryl methyl sites for hydroxylation is 1. The first-order chi connectivity index (χ1) is 10.6. The molecule has 0 spiro atoms. The molecular formula is C18H25N3O. The highest BCUT2D eigenvalue weighted by atomic mass is 16.3. The Bertz CT molecular complexity index is 613. The lowest BCUT2D eigenvalue weighted by atomic mass is 10.1. The maximum absolute atomic E-state index is 9.63. The minimum atomic E-state index is -0.112. The number of hydrogen-bond donors (Lipinski definition) is 1. The van der Waals surface area contributed by atoms with Gasteiger partial charge in [0, 0.05) is 30.9 Å². The van der Waals surface area contributed by atoms with Crippen LogP contribution >= 0.6 is 0 Å². The maximum atomic E-state index is 9.63. The van der Waals surface area contributed by atoms with Gasteiger partial charge in [-0.25, -0.2) is 0 Å². The first kappa shape index (κ1) is 15.3. The average Bonchev–Trinajstić information content (AvgIpc) is 2.78. The van der Waals surface area contributed by atoms with E-state index in [1.165, 1.54) is 16.8 Å². The van der Waals surface area contributed by atoms with Crippen LogP contribution in [0.5, 0.6) is 0 Å². The van der Waals surface area contributed by atoms with Crippen molar-refractivity contribution in [3.8, 4) is 0 Å². The molecule has 4 nitrogen and oxygen atoms in total. The highest BCUT2D eigenvalue weighted by Gasteiger charge is 2.20. The normalized spacial score (nSPS) is 17.0. The smallest absolute Gasteiger partial charge is 0.0662 e. The van der Waals surface area contributed by atoms with Crippen molar-refractivity contribution >= 4 is 0 Å². The first-order valence-corrected chi connectivity index (χ1v) is 8.10. The molecule has 1 aliphatic rings. The van der Waals surface area contributed by atoms with Crippen LogP contribution < -0.4 is 0 Å². The fraction of sp³-hybridized carbons (Fsp3) is 0.500. The zero-order chi connectivity index (χ0) is 15.5. The summed E-state index contributed by atoms with van der Waals surface area (Å²) in [5, 5.41) is 14.4. The van der Waals surface area contributed by atoms with Crippen molar-refractivity contribution in [2.24, 2.45) is 0 Å². The summed E-state index contributed by atoms with van der Waals surface area (Å²) in [6.45, 7) is 7.99. The summed E-state index contributed by atoms with van der Waals surface area (Å²) < 4.78 is 2.11. The molecule has 1 fully saturated rings. The molecule has 3 rings (SSSR count). The fourth-order valence-corrected chi connectivity index (χ4v) is 3.17. The van der Waals surface area contributed by atoms with Crippen LogP contribution in [-0.2, 0) is 13.1 Å². The van der Waals surface area contributed by atoms with Crippen LogP contribution in [-0.4, -0.2) is 39.0 Å². The molecule has 0 radical (unpaired) electrons. The van der Waals surface area contributed by atoms with Crippen LogP contribution in [0.15, 0.2) is 30.3 Å². The maximum Gasteiger partial charge on any atom is 0.0662 e. The van der Waals surface area contributed by atoms with Gasteiger partial charge in [-0.2, -0.15) is 5.10 Å². The van der Waals surface area contributed by atoms with Crippen molar-refractivity contribution in [1.29, 1.82) is 0 Å². The highest BCUT2D eigenvalue weighted by Crippen LogP contribution is 2.19. The molecule has 0 atom stereocenters. The van der Waals surface area contributed by atoms with E-state index >= 15 is 0 Å². The Hall–Kier alpha value is -1.65. The van der Waals surface area contributed by atoms with Gasteiger partial charge in [0.25, 0.3) is 0 Å². The Morgan fingerprint density at radius 2 is 1.77 bits per heavy atom. The summed E-state index contributed by atoms with van der Waals surface area (Å²) in [5.74, 6) is 0. The molecule has 1 N–H and O–H groups in total. The molecule has 1 saturated heterocycles. The minimum Gasteiger partial charge on any atom is -0.393 e. The van der Waals surface area contributed by atoms with Crippen molar-refractivity contribution in [1.82, 2.24) is 14.7 Å². The van der Waals surface area contributed by atoms with Crippen molar-refractivity contribution in [2.75, 3.05) is 13.1 Å². The van der Waals surface area contributed by atoms with Crippen molar-refractivity contribution in [3.05, 3.63) is 52.8 Å². The molecule has 0 amide bonds. The molecule has 2 aromatic rings. The molecular weight excluding hydrogens is 274 g/mol. The lowest BCUT2D eigenvalue weighted by molar-refractivity contribution is 0.0791. The van der Waals surface area contributed by atoms with Crippen LogP contribution in [0.1, 0.15) is 35.4 Å². The molecule has 1 aromatic heterocycles. The number of hydrogen-bond acceptors (Lipinski definition) is 3. The van der Waals surface area contributed by atoms with E-state index < -0.39 is 0 Å². The van der Waals surface area contributed by atoms with Crippen molar-refractivity contribution < 1.29 is 5.11 Å². The average molecular weight is 299 g/mol. The summed E-state index contributed by atoms with van der Waals surface area (Å²) in [6, 6.07) is 10.5. The Balaban J connectivity index is 1.73. The Morgan fingerprint density at radius 1 is 1.09 bits per heavy atom. The largest absolute Gasteiger partial charge is 0.393 e. The van der Waals surface area contributed by atoms with Gasteiger partial charge in [0.15, 0.2) is 0 Å². The Morgan fingerprint density at radius 3 is 2.45 bits per heavy atom. The molecule has 0 unspecified atom stereocenters. The van der Waals surface area contributed by atoms with E-state index in [-0.39, 0.29) is 6.10 Å². The summed E-state index contributed by atoms with van der Waals surface area (Å²) >= 11 is 0. The molecule has 0 bridgehead atoms. The van der Waals surface area contributed by atoms with Gasteiger partial charge >= 0.3 is 0 Å². The predicted molar refractivity (Wildman–Crippen MR) is 87.8 cm³/mol. The number of benzene rings is 1. The third-order valence-electron chi connectivity index (χ3n) is 4.65. The number of likely N-dealkylation sites (tertiary alicyclic amines) is 1. The van der Waals surface area contributed by atoms with Crippen LogP contribution in [0.4, 0.5) is 0 Å². The lowest BCUT2D eigenvalue weighted by Gasteiger charge is -2.29. The number of rotatable bonds is 4. The van der Waals surface area contributed by atoms with Crippen molar-refractivity contribution in [3.63, 3.8) is 0 Å². The minimum absolute atomic E-state index is 0.112. The third-order valence-corrected chi connectivity index (χ3v) is 4.65. The monoisotopic (exact) mass is 299 g/mol.